The molecule has 0 spiro atoms. The normalized spacial score (nSPS) is 25.1. The number of rotatable bonds is 4. The maximum absolute atomic E-state index is 12.2. The van der Waals surface area contributed by atoms with Crippen molar-refractivity contribution in [2.24, 2.45) is 11.8 Å². The molecule has 0 saturated carbocycles. The molecule has 1 aromatic rings. The zero-order chi connectivity index (χ0) is 14.5. The summed E-state index contributed by atoms with van der Waals surface area (Å²) >= 11 is 0. The van der Waals surface area contributed by atoms with Crippen LogP contribution >= 0.6 is 0 Å². The third-order valence-electron chi connectivity index (χ3n) is 3.99. The maximum atomic E-state index is 12.2. The number of amides is 1. The second-order valence-electron chi connectivity index (χ2n) is 6.34. The van der Waals surface area contributed by atoms with Crippen LogP contribution in [0.5, 0.6) is 0 Å². The molecule has 2 rings (SSSR count). The molecule has 0 radical (unpaired) electrons. The first-order chi connectivity index (χ1) is 9.54. The Balaban J connectivity index is 1.83. The summed E-state index contributed by atoms with van der Waals surface area (Å²) < 4.78 is 0. The second-order valence-corrected chi connectivity index (χ2v) is 6.34. The Labute approximate surface area is 122 Å². The molecule has 1 aliphatic rings. The van der Waals surface area contributed by atoms with Gasteiger partial charge in [0.15, 0.2) is 0 Å². The molecule has 0 bridgehead atoms. The molecule has 3 atom stereocenters. The van der Waals surface area contributed by atoms with Crippen molar-refractivity contribution in [2.75, 3.05) is 19.6 Å². The number of nitrogens with one attached hydrogen (secondary N) is 1. The number of hydrogen-bond donors (Lipinski definition) is 1. The summed E-state index contributed by atoms with van der Waals surface area (Å²) in [5, 5.41) is 3.09. The van der Waals surface area contributed by atoms with Gasteiger partial charge in [0.05, 0.1) is 12.6 Å². The van der Waals surface area contributed by atoms with E-state index in [1.54, 1.807) is 0 Å². The Bertz CT molecular complexity index is 422. The molecule has 3 nitrogen and oxygen atoms in total. The van der Waals surface area contributed by atoms with Gasteiger partial charge in [-0.05, 0) is 30.7 Å². The van der Waals surface area contributed by atoms with Crippen LogP contribution in [0.2, 0.25) is 0 Å². The molecule has 0 unspecified atom stereocenters. The lowest BCUT2D eigenvalue weighted by Crippen LogP contribution is -2.44. The van der Waals surface area contributed by atoms with E-state index >= 15 is 0 Å². The summed E-state index contributed by atoms with van der Waals surface area (Å²) in [6.07, 6.45) is 1.28. The van der Waals surface area contributed by atoms with E-state index in [2.05, 4.69) is 36.2 Å². The Morgan fingerprint density at radius 1 is 1.25 bits per heavy atom. The molecule has 1 heterocycles. The number of carbonyl (C=O) groups excluding carboxylic acids is 1. The molecule has 0 aromatic heterocycles. The zero-order valence-electron chi connectivity index (χ0n) is 12.8. The van der Waals surface area contributed by atoms with Crippen LogP contribution in [0.15, 0.2) is 30.3 Å². The lowest BCUT2D eigenvalue weighted by molar-refractivity contribution is -0.123. The van der Waals surface area contributed by atoms with Crippen LogP contribution in [0.4, 0.5) is 0 Å². The van der Waals surface area contributed by atoms with Crippen LogP contribution in [0, 0.1) is 11.8 Å². The summed E-state index contributed by atoms with van der Waals surface area (Å²) in [6, 6.07) is 10.2. The van der Waals surface area contributed by atoms with E-state index in [9.17, 15) is 4.79 Å². The Kier molecular flexibility index (Phi) is 5.18. The van der Waals surface area contributed by atoms with Gasteiger partial charge in [0.1, 0.15) is 0 Å². The van der Waals surface area contributed by atoms with Crippen molar-refractivity contribution in [1.82, 2.24) is 10.2 Å². The van der Waals surface area contributed by atoms with Gasteiger partial charge in [-0.25, -0.2) is 0 Å². The van der Waals surface area contributed by atoms with Crippen LogP contribution in [0.25, 0.3) is 0 Å². The van der Waals surface area contributed by atoms with Crippen LogP contribution in [0.3, 0.4) is 0 Å². The number of carbonyl (C=O) groups is 1. The highest BCUT2D eigenvalue weighted by molar-refractivity contribution is 5.78. The average molecular weight is 274 g/mol. The summed E-state index contributed by atoms with van der Waals surface area (Å²) in [5.41, 5.74) is 1.15. The van der Waals surface area contributed by atoms with E-state index in [0.717, 1.165) is 18.7 Å². The first-order valence-corrected chi connectivity index (χ1v) is 7.61. The van der Waals surface area contributed by atoms with Crippen molar-refractivity contribution in [1.29, 1.82) is 0 Å². The first kappa shape index (κ1) is 15.0. The van der Waals surface area contributed by atoms with Crippen molar-refractivity contribution < 1.29 is 4.79 Å². The van der Waals surface area contributed by atoms with Crippen molar-refractivity contribution in [3.8, 4) is 0 Å². The second kappa shape index (κ2) is 6.89. The van der Waals surface area contributed by atoms with E-state index < -0.39 is 0 Å². The molecule has 20 heavy (non-hydrogen) atoms. The quantitative estimate of drug-likeness (QED) is 0.915. The summed E-state index contributed by atoms with van der Waals surface area (Å²) in [4.78, 5) is 14.4. The Morgan fingerprint density at radius 2 is 1.85 bits per heavy atom. The maximum Gasteiger partial charge on any atom is 0.234 e. The van der Waals surface area contributed by atoms with Crippen molar-refractivity contribution in [3.05, 3.63) is 35.9 Å². The number of benzene rings is 1. The largest absolute Gasteiger partial charge is 0.348 e. The predicted molar refractivity (Wildman–Crippen MR) is 82.4 cm³/mol. The zero-order valence-corrected chi connectivity index (χ0v) is 12.8. The third kappa shape index (κ3) is 4.34. The minimum Gasteiger partial charge on any atom is -0.348 e. The van der Waals surface area contributed by atoms with Crippen LogP contribution < -0.4 is 5.32 Å². The van der Waals surface area contributed by atoms with Gasteiger partial charge in [-0.3, -0.25) is 9.69 Å². The van der Waals surface area contributed by atoms with Crippen molar-refractivity contribution in [2.45, 2.75) is 33.2 Å². The average Bonchev–Trinajstić information content (AvgIpc) is 2.38. The van der Waals surface area contributed by atoms with Gasteiger partial charge in [-0.15, -0.1) is 0 Å². The fraction of sp³-hybridized carbons (Fsp3) is 0.588. The summed E-state index contributed by atoms with van der Waals surface area (Å²) in [7, 11) is 0. The predicted octanol–water partition coefficient (Wildman–Crippen LogP) is 2.84. The molecule has 0 aliphatic carbocycles. The molecular weight excluding hydrogens is 248 g/mol. The molecule has 1 N–H and O–H groups in total. The molecule has 1 aliphatic heterocycles. The van der Waals surface area contributed by atoms with Gasteiger partial charge in [0.25, 0.3) is 0 Å². The fourth-order valence-corrected chi connectivity index (χ4v) is 3.24. The highest BCUT2D eigenvalue weighted by atomic mass is 16.2. The molecule has 1 fully saturated rings. The minimum absolute atomic E-state index is 0.0725. The van der Waals surface area contributed by atoms with Gasteiger partial charge in [-0.1, -0.05) is 44.2 Å². The lowest BCUT2D eigenvalue weighted by atomic mass is 9.92. The summed E-state index contributed by atoms with van der Waals surface area (Å²) in [5.74, 6) is 1.51. The Morgan fingerprint density at radius 3 is 2.45 bits per heavy atom. The van der Waals surface area contributed by atoms with Gasteiger partial charge in [-0.2, -0.15) is 0 Å². The highest BCUT2D eigenvalue weighted by Crippen LogP contribution is 2.20. The number of piperidine rings is 1. The lowest BCUT2D eigenvalue weighted by Gasteiger charge is -2.34. The van der Waals surface area contributed by atoms with Gasteiger partial charge >= 0.3 is 0 Å². The molecule has 1 saturated heterocycles. The minimum atomic E-state index is 0.0725. The van der Waals surface area contributed by atoms with Crippen LogP contribution in [-0.2, 0) is 4.79 Å². The van der Waals surface area contributed by atoms with E-state index in [4.69, 9.17) is 0 Å². The third-order valence-corrected chi connectivity index (χ3v) is 3.99. The van der Waals surface area contributed by atoms with Crippen molar-refractivity contribution >= 4 is 5.91 Å². The Hall–Kier alpha value is -1.35. The number of likely N-dealkylation sites (tertiary alicyclic amines) is 1. The number of nitrogens with zero attached hydrogens (tertiary/aromatic N) is 1. The fourth-order valence-electron chi connectivity index (χ4n) is 3.24. The van der Waals surface area contributed by atoms with Crippen molar-refractivity contribution in [3.63, 3.8) is 0 Å². The molecule has 1 aromatic carbocycles. The van der Waals surface area contributed by atoms with Crippen LogP contribution in [-0.4, -0.2) is 30.4 Å². The highest BCUT2D eigenvalue weighted by Gasteiger charge is 2.23. The van der Waals surface area contributed by atoms with Gasteiger partial charge < -0.3 is 5.32 Å². The molecular formula is C17H26N2O. The molecule has 110 valence electrons. The van der Waals surface area contributed by atoms with Gasteiger partial charge in [0, 0.05) is 13.1 Å². The summed E-state index contributed by atoms with van der Waals surface area (Å²) in [6.45, 7) is 9.18. The van der Waals surface area contributed by atoms with E-state index in [1.807, 2.05) is 25.1 Å². The monoisotopic (exact) mass is 274 g/mol. The first-order valence-electron chi connectivity index (χ1n) is 7.61. The van der Waals surface area contributed by atoms with E-state index in [1.165, 1.54) is 6.42 Å². The SMILES string of the molecule is C[C@@H]1C[C@@H](C)CN(CC(=O)N[C@@H](C)c2ccccc2)C1. The van der Waals surface area contributed by atoms with Crippen LogP contribution in [0.1, 0.15) is 38.8 Å². The molecule has 3 heteroatoms. The molecule has 1 amide bonds. The van der Waals surface area contributed by atoms with E-state index in [-0.39, 0.29) is 11.9 Å². The smallest absolute Gasteiger partial charge is 0.234 e. The van der Waals surface area contributed by atoms with E-state index in [0.29, 0.717) is 18.4 Å². The topological polar surface area (TPSA) is 32.3 Å². The standard InChI is InChI=1S/C17H26N2O/c1-13-9-14(2)11-19(10-13)12-17(20)18-15(3)16-7-5-4-6-8-16/h4-8,13-15H,9-12H2,1-3H3,(H,18,20)/t13-,14-,15+/m1/s1. The number of hydrogen-bond acceptors (Lipinski definition) is 2. The van der Waals surface area contributed by atoms with Gasteiger partial charge in [0.2, 0.25) is 5.91 Å².